The second-order valence-electron chi connectivity index (χ2n) is 4.79. The highest BCUT2D eigenvalue weighted by Gasteiger charge is 2.27. The predicted molar refractivity (Wildman–Crippen MR) is 59.9 cm³/mol. The van der Waals surface area contributed by atoms with Crippen molar-refractivity contribution < 1.29 is 9.90 Å². The Morgan fingerprint density at radius 1 is 1.60 bits per heavy atom. The molecule has 88 valence electrons. The Morgan fingerprint density at radius 2 is 2.27 bits per heavy atom. The van der Waals surface area contributed by atoms with Crippen LogP contribution < -0.4 is 0 Å². The normalized spacial score (nSPS) is 24.7. The van der Waals surface area contributed by atoms with E-state index in [4.69, 9.17) is 5.11 Å². The highest BCUT2D eigenvalue weighted by atomic mass is 16.4. The molecule has 0 radical (unpaired) electrons. The summed E-state index contributed by atoms with van der Waals surface area (Å²) in [6.45, 7) is 4.56. The van der Waals surface area contributed by atoms with Crippen LogP contribution in [0.3, 0.4) is 0 Å². The second kappa shape index (κ2) is 5.47. The molecule has 0 saturated carbocycles. The van der Waals surface area contributed by atoms with E-state index >= 15 is 0 Å². The van der Waals surface area contributed by atoms with E-state index in [2.05, 4.69) is 23.9 Å². The highest BCUT2D eigenvalue weighted by Crippen LogP contribution is 2.19. The van der Waals surface area contributed by atoms with E-state index in [0.29, 0.717) is 12.6 Å². The first-order valence-electron chi connectivity index (χ1n) is 5.62. The van der Waals surface area contributed by atoms with Gasteiger partial charge in [-0.1, -0.05) is 6.92 Å². The van der Waals surface area contributed by atoms with E-state index in [0.717, 1.165) is 13.1 Å². The number of hydrogen-bond donors (Lipinski definition) is 1. The smallest absolute Gasteiger partial charge is 0.307 e. The maximum atomic E-state index is 10.8. The molecule has 1 heterocycles. The van der Waals surface area contributed by atoms with Crippen molar-refractivity contribution in [2.45, 2.75) is 25.8 Å². The molecule has 0 aromatic heterocycles. The first-order valence-corrected chi connectivity index (χ1v) is 5.62. The lowest BCUT2D eigenvalue weighted by atomic mass is 10.1. The van der Waals surface area contributed by atoms with Gasteiger partial charge in [0.2, 0.25) is 0 Å². The minimum absolute atomic E-state index is 0.257. The third-order valence-corrected chi connectivity index (χ3v) is 3.00. The van der Waals surface area contributed by atoms with Gasteiger partial charge in [-0.15, -0.1) is 0 Å². The lowest BCUT2D eigenvalue weighted by Gasteiger charge is -2.28. The number of carbonyl (C=O) groups is 1. The summed E-state index contributed by atoms with van der Waals surface area (Å²) < 4.78 is 0. The van der Waals surface area contributed by atoms with Crippen LogP contribution in [0.15, 0.2) is 0 Å². The molecule has 1 rings (SSSR count). The Balaban J connectivity index is 2.42. The van der Waals surface area contributed by atoms with Crippen molar-refractivity contribution in [1.82, 2.24) is 9.80 Å². The lowest BCUT2D eigenvalue weighted by Crippen LogP contribution is -2.40. The molecule has 4 heteroatoms. The maximum absolute atomic E-state index is 10.8. The number of nitrogens with zero attached hydrogens (tertiary/aromatic N) is 2. The summed E-state index contributed by atoms with van der Waals surface area (Å²) in [5, 5.41) is 8.87. The average molecular weight is 214 g/mol. The Labute approximate surface area is 91.9 Å². The van der Waals surface area contributed by atoms with Crippen molar-refractivity contribution in [1.29, 1.82) is 0 Å². The van der Waals surface area contributed by atoms with Crippen molar-refractivity contribution in [2.75, 3.05) is 33.7 Å². The number of likely N-dealkylation sites (N-methyl/N-ethyl adjacent to an activating group) is 1. The fourth-order valence-corrected chi connectivity index (χ4v) is 2.19. The number of rotatable bonds is 5. The first kappa shape index (κ1) is 12.5. The molecule has 0 aromatic carbocycles. The van der Waals surface area contributed by atoms with Crippen LogP contribution in [0.4, 0.5) is 0 Å². The molecule has 0 aliphatic carbocycles. The topological polar surface area (TPSA) is 43.8 Å². The van der Waals surface area contributed by atoms with Gasteiger partial charge in [0.1, 0.15) is 0 Å². The van der Waals surface area contributed by atoms with Crippen molar-refractivity contribution in [3.05, 3.63) is 0 Å². The zero-order valence-electron chi connectivity index (χ0n) is 9.94. The van der Waals surface area contributed by atoms with Crippen LogP contribution in [-0.2, 0) is 4.79 Å². The zero-order valence-corrected chi connectivity index (χ0v) is 9.94. The second-order valence-corrected chi connectivity index (χ2v) is 4.79. The van der Waals surface area contributed by atoms with Gasteiger partial charge in [0.15, 0.2) is 0 Å². The molecule has 2 unspecified atom stereocenters. The fourth-order valence-electron chi connectivity index (χ4n) is 2.19. The SMILES string of the molecule is CC(CN1CCCC1CN(C)C)C(=O)O. The van der Waals surface area contributed by atoms with Crippen molar-refractivity contribution in [3.8, 4) is 0 Å². The van der Waals surface area contributed by atoms with Crippen LogP contribution in [-0.4, -0.2) is 60.6 Å². The van der Waals surface area contributed by atoms with E-state index < -0.39 is 5.97 Å². The Hall–Kier alpha value is -0.610. The molecule has 1 aliphatic heterocycles. The van der Waals surface area contributed by atoms with Crippen LogP contribution >= 0.6 is 0 Å². The molecular weight excluding hydrogens is 192 g/mol. The van der Waals surface area contributed by atoms with E-state index in [1.54, 1.807) is 6.92 Å². The summed E-state index contributed by atoms with van der Waals surface area (Å²) in [5.74, 6) is -0.946. The van der Waals surface area contributed by atoms with Crippen LogP contribution in [0, 0.1) is 5.92 Å². The number of carboxylic acids is 1. The van der Waals surface area contributed by atoms with Gasteiger partial charge in [-0.3, -0.25) is 9.69 Å². The molecule has 2 atom stereocenters. The molecule has 1 aliphatic rings. The van der Waals surface area contributed by atoms with Crippen molar-refractivity contribution in [3.63, 3.8) is 0 Å². The number of hydrogen-bond acceptors (Lipinski definition) is 3. The molecule has 4 nitrogen and oxygen atoms in total. The van der Waals surface area contributed by atoms with Gasteiger partial charge in [-0.2, -0.15) is 0 Å². The summed E-state index contributed by atoms with van der Waals surface area (Å²) in [4.78, 5) is 15.3. The quantitative estimate of drug-likeness (QED) is 0.733. The summed E-state index contributed by atoms with van der Waals surface area (Å²) in [5.41, 5.74) is 0. The van der Waals surface area contributed by atoms with Crippen molar-refractivity contribution >= 4 is 5.97 Å². The molecule has 0 amide bonds. The summed E-state index contributed by atoms with van der Waals surface area (Å²) in [7, 11) is 4.13. The fraction of sp³-hybridized carbons (Fsp3) is 0.909. The van der Waals surface area contributed by atoms with Crippen LogP contribution in [0.25, 0.3) is 0 Å². The zero-order chi connectivity index (χ0) is 11.4. The minimum atomic E-state index is -0.689. The van der Waals surface area contributed by atoms with Gasteiger partial charge in [-0.05, 0) is 33.5 Å². The predicted octanol–water partition coefficient (Wildman–Crippen LogP) is 0.733. The lowest BCUT2D eigenvalue weighted by molar-refractivity contribution is -0.141. The molecule has 1 fully saturated rings. The molecule has 1 N–H and O–H groups in total. The molecule has 0 bridgehead atoms. The molecular formula is C11H22N2O2. The highest BCUT2D eigenvalue weighted by molar-refractivity contribution is 5.69. The Morgan fingerprint density at radius 3 is 2.80 bits per heavy atom. The van der Waals surface area contributed by atoms with Crippen LogP contribution in [0.2, 0.25) is 0 Å². The standard InChI is InChI=1S/C11H22N2O2/c1-9(11(14)15)7-13-6-4-5-10(13)8-12(2)3/h9-10H,4-8H2,1-3H3,(H,14,15). The average Bonchev–Trinajstić information content (AvgIpc) is 2.51. The van der Waals surface area contributed by atoms with E-state index in [-0.39, 0.29) is 5.92 Å². The molecule has 0 spiro atoms. The van der Waals surface area contributed by atoms with Gasteiger partial charge in [0, 0.05) is 19.1 Å². The third kappa shape index (κ3) is 3.80. The molecule has 0 aromatic rings. The van der Waals surface area contributed by atoms with Crippen molar-refractivity contribution in [2.24, 2.45) is 5.92 Å². The Bertz CT molecular complexity index is 219. The minimum Gasteiger partial charge on any atom is -0.481 e. The van der Waals surface area contributed by atoms with Gasteiger partial charge in [0.25, 0.3) is 0 Å². The monoisotopic (exact) mass is 214 g/mol. The van der Waals surface area contributed by atoms with Gasteiger partial charge < -0.3 is 10.0 Å². The number of carboxylic acid groups (broad SMARTS) is 1. The van der Waals surface area contributed by atoms with E-state index in [9.17, 15) is 4.79 Å². The summed E-state index contributed by atoms with van der Waals surface area (Å²) in [6, 6.07) is 0.543. The van der Waals surface area contributed by atoms with E-state index in [1.807, 2.05) is 0 Å². The maximum Gasteiger partial charge on any atom is 0.307 e. The number of aliphatic carboxylic acids is 1. The molecule has 15 heavy (non-hydrogen) atoms. The van der Waals surface area contributed by atoms with Crippen LogP contribution in [0.5, 0.6) is 0 Å². The molecule has 1 saturated heterocycles. The largest absolute Gasteiger partial charge is 0.481 e. The van der Waals surface area contributed by atoms with Gasteiger partial charge in [-0.25, -0.2) is 0 Å². The third-order valence-electron chi connectivity index (χ3n) is 3.00. The first-order chi connectivity index (χ1) is 7.00. The number of likely N-dealkylation sites (tertiary alicyclic amines) is 1. The summed E-state index contributed by atoms with van der Waals surface area (Å²) >= 11 is 0. The van der Waals surface area contributed by atoms with E-state index in [1.165, 1.54) is 12.8 Å². The Kier molecular flexibility index (Phi) is 4.54. The van der Waals surface area contributed by atoms with Gasteiger partial charge in [0.05, 0.1) is 5.92 Å². The summed E-state index contributed by atoms with van der Waals surface area (Å²) in [6.07, 6.45) is 2.40. The van der Waals surface area contributed by atoms with Gasteiger partial charge >= 0.3 is 5.97 Å². The van der Waals surface area contributed by atoms with Crippen LogP contribution in [0.1, 0.15) is 19.8 Å².